The van der Waals surface area contributed by atoms with Gasteiger partial charge in [0.25, 0.3) is 0 Å². The van der Waals surface area contributed by atoms with E-state index < -0.39 is 5.97 Å². The number of nitrogens with zero attached hydrogens (tertiary/aromatic N) is 1. The number of carbonyl (C=O) groups is 1. The Bertz CT molecular complexity index is 608. The van der Waals surface area contributed by atoms with Crippen LogP contribution in [0.3, 0.4) is 0 Å². The van der Waals surface area contributed by atoms with Crippen molar-refractivity contribution in [3.8, 4) is 0 Å². The number of aromatic carboxylic acids is 1. The summed E-state index contributed by atoms with van der Waals surface area (Å²) in [6.45, 7) is 2.42. The van der Waals surface area contributed by atoms with E-state index in [1.165, 1.54) is 68.4 Å². The maximum atomic E-state index is 11.6. The van der Waals surface area contributed by atoms with Crippen LogP contribution in [0.1, 0.15) is 71.8 Å². The molecule has 0 radical (unpaired) electrons. The van der Waals surface area contributed by atoms with Crippen molar-refractivity contribution in [2.75, 3.05) is 18.0 Å². The molecule has 22 heavy (non-hydrogen) atoms. The number of rotatable bonds is 1. The third kappa shape index (κ3) is 1.65. The Hall–Kier alpha value is -1.51. The summed E-state index contributed by atoms with van der Waals surface area (Å²) in [5.74, 6) is 1.97. The summed E-state index contributed by atoms with van der Waals surface area (Å²) in [4.78, 5) is 14.2. The Morgan fingerprint density at radius 3 is 2.00 bits per heavy atom. The second kappa shape index (κ2) is 4.50. The number of carboxylic acids is 1. The van der Waals surface area contributed by atoms with Crippen molar-refractivity contribution in [1.29, 1.82) is 0 Å². The van der Waals surface area contributed by atoms with Gasteiger partial charge in [-0.1, -0.05) is 12.8 Å². The van der Waals surface area contributed by atoms with Gasteiger partial charge in [0.1, 0.15) is 0 Å². The quantitative estimate of drug-likeness (QED) is 0.852. The highest BCUT2D eigenvalue weighted by molar-refractivity contribution is 5.90. The molecule has 3 heteroatoms. The van der Waals surface area contributed by atoms with Gasteiger partial charge < -0.3 is 10.0 Å². The normalized spacial score (nSPS) is 35.0. The Labute approximate surface area is 131 Å². The smallest absolute Gasteiger partial charge is 0.335 e. The molecular weight excluding hydrogens is 274 g/mol. The van der Waals surface area contributed by atoms with E-state index in [9.17, 15) is 9.90 Å². The van der Waals surface area contributed by atoms with E-state index in [0.29, 0.717) is 17.4 Å². The van der Waals surface area contributed by atoms with Crippen LogP contribution in [0.5, 0.6) is 0 Å². The molecule has 0 amide bonds. The van der Waals surface area contributed by atoms with Crippen molar-refractivity contribution in [2.45, 2.75) is 50.4 Å². The fraction of sp³-hybridized carbons (Fsp3) is 0.632. The molecule has 0 bridgehead atoms. The van der Waals surface area contributed by atoms with Crippen LogP contribution in [-0.4, -0.2) is 24.2 Å². The van der Waals surface area contributed by atoms with Crippen molar-refractivity contribution < 1.29 is 9.90 Å². The van der Waals surface area contributed by atoms with Gasteiger partial charge in [-0.25, -0.2) is 4.79 Å². The van der Waals surface area contributed by atoms with Crippen molar-refractivity contribution in [1.82, 2.24) is 0 Å². The van der Waals surface area contributed by atoms with Crippen LogP contribution in [0.4, 0.5) is 5.69 Å². The predicted molar refractivity (Wildman–Crippen MR) is 85.8 cm³/mol. The predicted octanol–water partition coefficient (Wildman–Crippen LogP) is 3.99. The van der Waals surface area contributed by atoms with Crippen molar-refractivity contribution in [2.24, 2.45) is 11.8 Å². The van der Waals surface area contributed by atoms with Gasteiger partial charge in [0.2, 0.25) is 0 Å². The van der Waals surface area contributed by atoms with Crippen LogP contribution >= 0.6 is 0 Å². The number of hydrogen-bond donors (Lipinski definition) is 1. The topological polar surface area (TPSA) is 40.5 Å². The van der Waals surface area contributed by atoms with E-state index in [-0.39, 0.29) is 0 Å². The van der Waals surface area contributed by atoms with Gasteiger partial charge in [-0.3, -0.25) is 0 Å². The van der Waals surface area contributed by atoms with Crippen LogP contribution in [-0.2, 0) is 0 Å². The summed E-state index contributed by atoms with van der Waals surface area (Å²) in [6, 6.07) is 4.01. The lowest BCUT2D eigenvalue weighted by atomic mass is 9.74. The summed E-state index contributed by atoms with van der Waals surface area (Å²) < 4.78 is 0. The molecule has 0 spiro atoms. The number of carboxylic acid groups (broad SMARTS) is 1. The average Bonchev–Trinajstić information content (AvgIpc) is 3.15. The lowest BCUT2D eigenvalue weighted by molar-refractivity contribution is 0.0696. The lowest BCUT2D eigenvalue weighted by Gasteiger charge is -2.46. The Kier molecular flexibility index (Phi) is 2.65. The molecule has 3 nitrogen and oxygen atoms in total. The molecule has 1 N–H and O–H groups in total. The number of hydrogen-bond acceptors (Lipinski definition) is 2. The van der Waals surface area contributed by atoms with E-state index in [1.807, 2.05) is 12.1 Å². The Morgan fingerprint density at radius 2 is 1.50 bits per heavy atom. The lowest BCUT2D eigenvalue weighted by Crippen LogP contribution is -2.43. The maximum Gasteiger partial charge on any atom is 0.335 e. The van der Waals surface area contributed by atoms with Gasteiger partial charge in [0, 0.05) is 18.8 Å². The van der Waals surface area contributed by atoms with Gasteiger partial charge in [0.05, 0.1) is 5.56 Å². The molecule has 0 saturated heterocycles. The molecule has 116 valence electrons. The summed E-state index contributed by atoms with van der Waals surface area (Å²) in [5, 5.41) is 9.56. The molecule has 1 aromatic carbocycles. The molecule has 4 aliphatic rings. The fourth-order valence-electron chi connectivity index (χ4n) is 5.89. The largest absolute Gasteiger partial charge is 0.478 e. The maximum absolute atomic E-state index is 11.6. The average molecular weight is 297 g/mol. The SMILES string of the molecule is O=C(O)c1cc2c3c(c1)[C@@H]1CCC[C@@H]1CN3C[C@H]1CCC[C@@H]21. The van der Waals surface area contributed by atoms with E-state index in [0.717, 1.165) is 11.8 Å². The molecular formula is C19H23NO2. The van der Waals surface area contributed by atoms with Crippen molar-refractivity contribution in [3.63, 3.8) is 0 Å². The molecule has 2 fully saturated rings. The van der Waals surface area contributed by atoms with Gasteiger partial charge in [-0.2, -0.15) is 0 Å². The molecule has 0 unspecified atom stereocenters. The minimum absolute atomic E-state index is 0.522. The van der Waals surface area contributed by atoms with Crippen LogP contribution in [0.2, 0.25) is 0 Å². The zero-order valence-electron chi connectivity index (χ0n) is 12.9. The highest BCUT2D eigenvalue weighted by atomic mass is 16.4. The minimum atomic E-state index is -0.758. The molecule has 1 aromatic rings. The molecule has 2 aliphatic carbocycles. The summed E-state index contributed by atoms with van der Waals surface area (Å²) >= 11 is 0. The monoisotopic (exact) mass is 297 g/mol. The third-order valence-electron chi connectivity index (χ3n) is 6.76. The second-order valence-corrected chi connectivity index (χ2v) is 7.81. The first kappa shape index (κ1) is 13.0. The Balaban J connectivity index is 1.74. The van der Waals surface area contributed by atoms with Gasteiger partial charge in [-0.05, 0) is 72.6 Å². The van der Waals surface area contributed by atoms with Gasteiger partial charge in [0.15, 0.2) is 0 Å². The van der Waals surface area contributed by atoms with Crippen molar-refractivity contribution in [3.05, 3.63) is 28.8 Å². The molecule has 5 rings (SSSR count). The standard InChI is InChI=1S/C19H23NO2/c21-19(22)13-7-16-14-5-1-3-11(14)9-20-10-12-4-2-6-15(12)17(8-13)18(16)20/h7-8,11-12,14-15H,1-6,9-10H2,(H,21,22)/t11-,12-,14-,15-/m1/s1. The summed E-state index contributed by atoms with van der Waals surface area (Å²) in [6.07, 6.45) is 7.76. The van der Waals surface area contributed by atoms with Gasteiger partial charge in [-0.15, -0.1) is 0 Å². The number of anilines is 1. The summed E-state index contributed by atoms with van der Waals surface area (Å²) in [7, 11) is 0. The van der Waals surface area contributed by atoms with Crippen LogP contribution in [0.25, 0.3) is 0 Å². The minimum Gasteiger partial charge on any atom is -0.478 e. The van der Waals surface area contributed by atoms with Crippen LogP contribution in [0.15, 0.2) is 12.1 Å². The molecule has 4 atom stereocenters. The highest BCUT2D eigenvalue weighted by Gasteiger charge is 2.44. The number of benzene rings is 1. The van der Waals surface area contributed by atoms with Crippen molar-refractivity contribution >= 4 is 11.7 Å². The third-order valence-corrected chi connectivity index (χ3v) is 6.76. The molecule has 2 heterocycles. The summed E-state index contributed by atoms with van der Waals surface area (Å²) in [5.41, 5.74) is 4.70. The first-order valence-corrected chi connectivity index (χ1v) is 8.88. The molecule has 0 aromatic heterocycles. The van der Waals surface area contributed by atoms with Gasteiger partial charge >= 0.3 is 5.97 Å². The van der Waals surface area contributed by atoms with E-state index in [2.05, 4.69) is 4.90 Å². The fourth-order valence-corrected chi connectivity index (χ4v) is 5.89. The zero-order chi connectivity index (χ0) is 14.8. The van der Waals surface area contributed by atoms with E-state index >= 15 is 0 Å². The Morgan fingerprint density at radius 1 is 0.955 bits per heavy atom. The molecule has 2 aliphatic heterocycles. The number of fused-ring (bicyclic) bond motifs is 4. The zero-order valence-corrected chi connectivity index (χ0v) is 12.9. The van der Waals surface area contributed by atoms with Crippen LogP contribution in [0, 0.1) is 11.8 Å². The first-order valence-electron chi connectivity index (χ1n) is 8.88. The van der Waals surface area contributed by atoms with Crippen LogP contribution < -0.4 is 4.90 Å². The van der Waals surface area contributed by atoms with E-state index in [4.69, 9.17) is 0 Å². The second-order valence-electron chi connectivity index (χ2n) is 7.81. The first-order chi connectivity index (χ1) is 10.7. The highest BCUT2D eigenvalue weighted by Crippen LogP contribution is 2.55. The van der Waals surface area contributed by atoms with E-state index in [1.54, 1.807) is 0 Å². The molecule has 2 saturated carbocycles.